The number of nitrogens with zero attached hydrogens (tertiary/aromatic N) is 2. The monoisotopic (exact) mass is 401 g/mol. The maximum Gasteiger partial charge on any atom is 0.321 e. The largest absolute Gasteiger partial charge is 0.321 e. The molecule has 0 radical (unpaired) electrons. The van der Waals surface area contributed by atoms with Gasteiger partial charge in [0, 0.05) is 24.2 Å². The van der Waals surface area contributed by atoms with E-state index < -0.39 is 0 Å². The van der Waals surface area contributed by atoms with Crippen LogP contribution >= 0.6 is 34.9 Å². The summed E-state index contributed by atoms with van der Waals surface area (Å²) in [6, 6.07) is 16.1. The Morgan fingerprint density at radius 2 is 2.00 bits per heavy atom. The van der Waals surface area contributed by atoms with Gasteiger partial charge >= 0.3 is 6.03 Å². The van der Waals surface area contributed by atoms with E-state index in [4.69, 9.17) is 0 Å². The third-order valence-electron chi connectivity index (χ3n) is 4.09. The number of carbonyl (C=O) groups excluding carboxylic acids is 1. The summed E-state index contributed by atoms with van der Waals surface area (Å²) in [6.07, 6.45) is 0. The van der Waals surface area contributed by atoms with Crippen molar-refractivity contribution in [1.29, 1.82) is 0 Å². The number of anilines is 1. The summed E-state index contributed by atoms with van der Waals surface area (Å²) in [4.78, 5) is 18.8. The van der Waals surface area contributed by atoms with Crippen molar-refractivity contribution < 1.29 is 4.79 Å². The first-order valence-corrected chi connectivity index (χ1v) is 11.3. The lowest BCUT2D eigenvalue weighted by atomic mass is 10.2. The summed E-state index contributed by atoms with van der Waals surface area (Å²) < 4.78 is 1.63. The third kappa shape index (κ3) is 4.00. The van der Waals surface area contributed by atoms with E-state index in [1.807, 2.05) is 53.9 Å². The Morgan fingerprint density at radius 1 is 1.19 bits per heavy atom. The van der Waals surface area contributed by atoms with Gasteiger partial charge in [0.15, 0.2) is 0 Å². The summed E-state index contributed by atoms with van der Waals surface area (Å²) in [5, 5.41) is 3.95. The Bertz CT molecular complexity index is 888. The Balaban J connectivity index is 1.41. The molecular formula is C19H19N3OS3. The van der Waals surface area contributed by atoms with Crippen molar-refractivity contribution >= 4 is 56.8 Å². The number of nitrogens with one attached hydrogen (secondary N) is 1. The molecule has 1 aromatic heterocycles. The van der Waals surface area contributed by atoms with Crippen LogP contribution in [0.4, 0.5) is 10.5 Å². The number of para-hydroxylation sites is 1. The van der Waals surface area contributed by atoms with Crippen LogP contribution in [0.3, 0.4) is 0 Å². The molecule has 1 aliphatic heterocycles. The molecule has 1 saturated heterocycles. The molecule has 4 rings (SSSR count). The second-order valence-corrected chi connectivity index (χ2v) is 9.90. The fourth-order valence-electron chi connectivity index (χ4n) is 2.80. The molecule has 7 heteroatoms. The van der Waals surface area contributed by atoms with Gasteiger partial charge in [-0.1, -0.05) is 24.3 Å². The van der Waals surface area contributed by atoms with E-state index >= 15 is 0 Å². The molecule has 26 heavy (non-hydrogen) atoms. The highest BCUT2D eigenvalue weighted by molar-refractivity contribution is 8.19. The fraction of sp³-hybridized carbons (Fsp3) is 0.263. The van der Waals surface area contributed by atoms with Crippen molar-refractivity contribution in [3.05, 3.63) is 59.1 Å². The predicted molar refractivity (Wildman–Crippen MR) is 114 cm³/mol. The molecule has 2 amide bonds. The van der Waals surface area contributed by atoms with Gasteiger partial charge in [0.05, 0.1) is 21.3 Å². The van der Waals surface area contributed by atoms with E-state index in [2.05, 4.69) is 28.5 Å². The zero-order valence-electron chi connectivity index (χ0n) is 14.3. The van der Waals surface area contributed by atoms with Gasteiger partial charge in [-0.2, -0.15) is 0 Å². The number of carbonyl (C=O) groups is 1. The van der Waals surface area contributed by atoms with E-state index in [-0.39, 0.29) is 6.03 Å². The fourth-order valence-corrected chi connectivity index (χ4v) is 6.65. The number of amides is 2. The van der Waals surface area contributed by atoms with E-state index in [0.29, 0.717) is 11.1 Å². The van der Waals surface area contributed by atoms with Crippen LogP contribution in [-0.4, -0.2) is 34.5 Å². The van der Waals surface area contributed by atoms with E-state index in [1.165, 1.54) is 17.1 Å². The average molecular weight is 402 g/mol. The maximum atomic E-state index is 12.5. The molecule has 2 heterocycles. The Labute approximate surface area is 165 Å². The van der Waals surface area contributed by atoms with Crippen LogP contribution in [0.5, 0.6) is 0 Å². The minimum atomic E-state index is -0.117. The van der Waals surface area contributed by atoms with Crippen molar-refractivity contribution in [2.45, 2.75) is 11.1 Å². The van der Waals surface area contributed by atoms with Gasteiger partial charge in [-0.3, -0.25) is 0 Å². The normalized spacial score (nSPS) is 14.7. The van der Waals surface area contributed by atoms with Crippen LogP contribution in [0.25, 0.3) is 10.2 Å². The molecule has 134 valence electrons. The highest BCUT2D eigenvalue weighted by atomic mass is 32.2. The van der Waals surface area contributed by atoms with Gasteiger partial charge in [-0.05, 0) is 29.8 Å². The second-order valence-electron chi connectivity index (χ2n) is 6.06. The van der Waals surface area contributed by atoms with Crippen LogP contribution in [0.2, 0.25) is 0 Å². The summed E-state index contributed by atoms with van der Waals surface area (Å²) in [5.41, 5.74) is 3.10. The van der Waals surface area contributed by atoms with Crippen molar-refractivity contribution in [2.75, 3.05) is 23.9 Å². The average Bonchev–Trinajstić information content (AvgIpc) is 3.31. The highest BCUT2D eigenvalue weighted by Gasteiger charge is 2.19. The van der Waals surface area contributed by atoms with Crippen LogP contribution in [0.15, 0.2) is 48.5 Å². The smallest absolute Gasteiger partial charge is 0.321 e. The van der Waals surface area contributed by atoms with Gasteiger partial charge < -0.3 is 10.2 Å². The molecule has 0 aliphatic carbocycles. The molecular weight excluding hydrogens is 382 g/mol. The number of benzene rings is 2. The van der Waals surface area contributed by atoms with Gasteiger partial charge in [0.2, 0.25) is 0 Å². The topological polar surface area (TPSA) is 45.2 Å². The van der Waals surface area contributed by atoms with Crippen molar-refractivity contribution in [1.82, 2.24) is 9.88 Å². The number of aromatic nitrogens is 1. The zero-order chi connectivity index (χ0) is 17.9. The van der Waals surface area contributed by atoms with E-state index in [0.717, 1.165) is 20.9 Å². The van der Waals surface area contributed by atoms with Crippen LogP contribution < -0.4 is 5.32 Å². The molecule has 0 spiro atoms. The molecule has 0 unspecified atom stereocenters. The number of fused-ring (bicyclic) bond motifs is 1. The lowest BCUT2D eigenvalue weighted by Crippen LogP contribution is -2.30. The quantitative estimate of drug-likeness (QED) is 0.632. The molecule has 0 atom stereocenters. The molecule has 3 aromatic rings. The number of rotatable bonds is 4. The lowest BCUT2D eigenvalue weighted by molar-refractivity contribution is 0.220. The first-order chi connectivity index (χ1) is 12.7. The highest BCUT2D eigenvalue weighted by Crippen LogP contribution is 2.45. The number of thioether (sulfide) groups is 2. The van der Waals surface area contributed by atoms with Crippen molar-refractivity contribution in [2.24, 2.45) is 0 Å². The van der Waals surface area contributed by atoms with Crippen LogP contribution in [-0.2, 0) is 6.54 Å². The van der Waals surface area contributed by atoms with Crippen molar-refractivity contribution in [3.8, 4) is 0 Å². The van der Waals surface area contributed by atoms with Crippen LogP contribution in [0, 0.1) is 0 Å². The molecule has 0 bridgehead atoms. The molecule has 1 aliphatic rings. The summed E-state index contributed by atoms with van der Waals surface area (Å²) >= 11 is 5.56. The minimum Gasteiger partial charge on any atom is -0.321 e. The SMILES string of the molecule is CN(Cc1nc2ccccc2s1)C(=O)Nc1cccc(C2SCCS2)c1. The lowest BCUT2D eigenvalue weighted by Gasteiger charge is -2.17. The van der Waals surface area contributed by atoms with Gasteiger partial charge in [-0.15, -0.1) is 34.9 Å². The first-order valence-electron chi connectivity index (χ1n) is 8.39. The Kier molecular flexibility index (Phi) is 5.38. The third-order valence-corrected chi connectivity index (χ3v) is 8.21. The van der Waals surface area contributed by atoms with E-state index in [9.17, 15) is 4.79 Å². The first kappa shape index (κ1) is 17.7. The summed E-state index contributed by atoms with van der Waals surface area (Å²) in [6.45, 7) is 0.499. The zero-order valence-corrected chi connectivity index (χ0v) is 16.8. The summed E-state index contributed by atoms with van der Waals surface area (Å²) in [7, 11) is 1.80. The van der Waals surface area contributed by atoms with Crippen molar-refractivity contribution in [3.63, 3.8) is 0 Å². The summed E-state index contributed by atoms with van der Waals surface area (Å²) in [5.74, 6) is 2.38. The number of hydrogen-bond acceptors (Lipinski definition) is 5. The van der Waals surface area contributed by atoms with E-state index in [1.54, 1.807) is 23.3 Å². The van der Waals surface area contributed by atoms with Crippen LogP contribution in [0.1, 0.15) is 15.2 Å². The number of urea groups is 1. The maximum absolute atomic E-state index is 12.5. The number of hydrogen-bond donors (Lipinski definition) is 1. The molecule has 0 saturated carbocycles. The van der Waals surface area contributed by atoms with Gasteiger partial charge in [0.1, 0.15) is 5.01 Å². The Morgan fingerprint density at radius 3 is 2.81 bits per heavy atom. The minimum absolute atomic E-state index is 0.117. The molecule has 2 aromatic carbocycles. The van der Waals surface area contributed by atoms with Gasteiger partial charge in [-0.25, -0.2) is 9.78 Å². The van der Waals surface area contributed by atoms with Gasteiger partial charge in [0.25, 0.3) is 0 Å². The Hall–Kier alpha value is -1.70. The standard InChI is InChI=1S/C19H19N3OS3/c1-22(12-17-21-15-7-2-3-8-16(15)26-17)19(23)20-14-6-4-5-13(11-14)18-24-9-10-25-18/h2-8,11,18H,9-10,12H2,1H3,(H,20,23). The second kappa shape index (κ2) is 7.90. The molecule has 4 nitrogen and oxygen atoms in total. The molecule has 1 fully saturated rings. The number of thiazole rings is 1. The predicted octanol–water partition coefficient (Wildman–Crippen LogP) is 5.44. The molecule has 1 N–H and O–H groups in total.